The van der Waals surface area contributed by atoms with Crippen molar-refractivity contribution in [3.05, 3.63) is 0 Å². The van der Waals surface area contributed by atoms with E-state index >= 15 is 0 Å². The number of carbonyl (C=O) groups is 4. The Morgan fingerprint density at radius 2 is 1.83 bits per heavy atom. The Labute approximate surface area is 150 Å². The Morgan fingerprint density at radius 3 is 2.33 bits per heavy atom. The normalized spacial score (nSPS) is 14.2. The zero-order valence-electron chi connectivity index (χ0n) is 13.6. The van der Waals surface area contributed by atoms with Gasteiger partial charge in [-0.1, -0.05) is 0 Å². The number of carbonyl (C=O) groups excluding carboxylic acids is 3. The molecule has 0 aromatic rings. The standard InChI is InChI=1S/C13H24N4O5S2/c1-7(13(21)22)16-10(18)5-15-12(20)9(3-4-24-2)17-11(19)8(14)6-23/h7-9,23H,3-6,14H2,1-2H3,(H,15,20)(H,16,18)(H,17,19)(H,21,22). The summed E-state index contributed by atoms with van der Waals surface area (Å²) in [6, 6.07) is -2.73. The van der Waals surface area contributed by atoms with Gasteiger partial charge in [0.25, 0.3) is 0 Å². The van der Waals surface area contributed by atoms with E-state index in [1.54, 1.807) is 0 Å². The molecular weight excluding hydrogens is 356 g/mol. The molecule has 0 radical (unpaired) electrons. The van der Waals surface area contributed by atoms with E-state index in [-0.39, 0.29) is 12.3 Å². The van der Waals surface area contributed by atoms with Gasteiger partial charge in [0.15, 0.2) is 0 Å². The molecule has 0 bridgehead atoms. The van der Waals surface area contributed by atoms with Crippen molar-refractivity contribution in [3.8, 4) is 0 Å². The fraction of sp³-hybridized carbons (Fsp3) is 0.692. The van der Waals surface area contributed by atoms with E-state index in [0.29, 0.717) is 12.2 Å². The molecule has 24 heavy (non-hydrogen) atoms. The van der Waals surface area contributed by atoms with Crippen molar-refractivity contribution >= 4 is 48.1 Å². The average Bonchev–Trinajstić information content (AvgIpc) is 2.54. The molecule has 0 aliphatic rings. The molecule has 0 saturated carbocycles. The van der Waals surface area contributed by atoms with Crippen LogP contribution >= 0.6 is 24.4 Å². The number of carboxylic acid groups (broad SMARTS) is 1. The molecule has 3 atom stereocenters. The Balaban J connectivity index is 4.56. The number of nitrogens with one attached hydrogen (secondary N) is 3. The van der Waals surface area contributed by atoms with Crippen molar-refractivity contribution in [1.29, 1.82) is 0 Å². The highest BCUT2D eigenvalue weighted by molar-refractivity contribution is 7.98. The van der Waals surface area contributed by atoms with Gasteiger partial charge in [-0.3, -0.25) is 19.2 Å². The van der Waals surface area contributed by atoms with Crippen molar-refractivity contribution < 1.29 is 24.3 Å². The number of rotatable bonds is 11. The number of amides is 3. The number of hydrogen-bond donors (Lipinski definition) is 6. The molecule has 0 aliphatic carbocycles. The van der Waals surface area contributed by atoms with Gasteiger partial charge in [0.05, 0.1) is 12.6 Å². The van der Waals surface area contributed by atoms with Crippen LogP contribution in [0.25, 0.3) is 0 Å². The molecular formula is C13H24N4O5S2. The highest BCUT2D eigenvalue weighted by atomic mass is 32.2. The number of hydrogen-bond acceptors (Lipinski definition) is 7. The van der Waals surface area contributed by atoms with Gasteiger partial charge in [-0.2, -0.15) is 24.4 Å². The molecule has 0 fully saturated rings. The summed E-state index contributed by atoms with van der Waals surface area (Å²) >= 11 is 5.43. The van der Waals surface area contributed by atoms with E-state index < -0.39 is 41.8 Å². The zero-order chi connectivity index (χ0) is 18.7. The van der Waals surface area contributed by atoms with Crippen LogP contribution < -0.4 is 21.7 Å². The molecule has 11 heteroatoms. The fourth-order valence-electron chi connectivity index (χ4n) is 1.51. The van der Waals surface area contributed by atoms with Crippen molar-refractivity contribution in [3.63, 3.8) is 0 Å². The number of thioether (sulfide) groups is 1. The maximum atomic E-state index is 12.1. The van der Waals surface area contributed by atoms with Crippen LogP contribution in [0.1, 0.15) is 13.3 Å². The lowest BCUT2D eigenvalue weighted by Crippen LogP contribution is -2.53. The van der Waals surface area contributed by atoms with E-state index in [1.807, 2.05) is 6.26 Å². The van der Waals surface area contributed by atoms with Crippen LogP contribution in [0.4, 0.5) is 0 Å². The molecule has 9 nitrogen and oxygen atoms in total. The third-order valence-electron chi connectivity index (χ3n) is 2.95. The molecule has 0 spiro atoms. The van der Waals surface area contributed by atoms with Gasteiger partial charge in [0.1, 0.15) is 12.1 Å². The van der Waals surface area contributed by atoms with Gasteiger partial charge in [-0.15, -0.1) is 0 Å². The molecule has 0 aromatic carbocycles. The first-order chi connectivity index (χ1) is 11.2. The zero-order valence-corrected chi connectivity index (χ0v) is 15.3. The molecule has 0 aromatic heterocycles. The minimum atomic E-state index is -1.18. The summed E-state index contributed by atoms with van der Waals surface area (Å²) in [4.78, 5) is 46.1. The SMILES string of the molecule is CSCCC(NC(=O)C(N)CS)C(=O)NCC(=O)NC(C)C(=O)O. The molecule has 3 amide bonds. The van der Waals surface area contributed by atoms with Gasteiger partial charge >= 0.3 is 5.97 Å². The summed E-state index contributed by atoms with van der Waals surface area (Å²) in [5, 5.41) is 15.8. The summed E-state index contributed by atoms with van der Waals surface area (Å²) < 4.78 is 0. The molecule has 0 rings (SSSR count). The maximum absolute atomic E-state index is 12.1. The fourth-order valence-corrected chi connectivity index (χ4v) is 2.15. The van der Waals surface area contributed by atoms with Crippen LogP contribution in [0.5, 0.6) is 0 Å². The summed E-state index contributed by atoms with van der Waals surface area (Å²) in [5.41, 5.74) is 5.55. The number of aliphatic carboxylic acids is 1. The number of nitrogens with two attached hydrogens (primary N) is 1. The lowest BCUT2D eigenvalue weighted by Gasteiger charge is -2.20. The van der Waals surface area contributed by atoms with Gasteiger partial charge in [-0.25, -0.2) is 0 Å². The molecule has 0 heterocycles. The lowest BCUT2D eigenvalue weighted by atomic mass is 10.2. The van der Waals surface area contributed by atoms with Crippen molar-refractivity contribution in [1.82, 2.24) is 16.0 Å². The van der Waals surface area contributed by atoms with Crippen LogP contribution in [-0.2, 0) is 19.2 Å². The minimum absolute atomic E-state index is 0.137. The maximum Gasteiger partial charge on any atom is 0.325 e. The Morgan fingerprint density at radius 1 is 1.21 bits per heavy atom. The first-order valence-electron chi connectivity index (χ1n) is 7.18. The second kappa shape index (κ2) is 12.0. The molecule has 138 valence electrons. The predicted octanol–water partition coefficient (Wildman–Crippen LogP) is -1.81. The van der Waals surface area contributed by atoms with E-state index in [4.69, 9.17) is 10.8 Å². The first kappa shape index (κ1) is 22.5. The minimum Gasteiger partial charge on any atom is -0.480 e. The molecule has 3 unspecified atom stereocenters. The number of carboxylic acids is 1. The first-order valence-corrected chi connectivity index (χ1v) is 9.21. The second-order valence-electron chi connectivity index (χ2n) is 4.98. The third kappa shape index (κ3) is 8.99. The highest BCUT2D eigenvalue weighted by Crippen LogP contribution is 2.02. The molecule has 0 saturated heterocycles. The summed E-state index contributed by atoms with van der Waals surface area (Å²) in [6.45, 7) is 0.920. The highest BCUT2D eigenvalue weighted by Gasteiger charge is 2.23. The van der Waals surface area contributed by atoms with E-state index in [0.717, 1.165) is 0 Å². The summed E-state index contributed by atoms with van der Waals surface area (Å²) in [5.74, 6) is -2.10. The Hall–Kier alpha value is -1.46. The van der Waals surface area contributed by atoms with Crippen LogP contribution in [0, 0.1) is 0 Å². The van der Waals surface area contributed by atoms with Crippen LogP contribution in [-0.4, -0.2) is 71.2 Å². The van der Waals surface area contributed by atoms with E-state index in [1.165, 1.54) is 18.7 Å². The largest absolute Gasteiger partial charge is 0.480 e. The van der Waals surface area contributed by atoms with E-state index in [2.05, 4.69) is 28.6 Å². The number of thiol groups is 1. The van der Waals surface area contributed by atoms with Crippen molar-refractivity contribution in [2.24, 2.45) is 5.73 Å². The average molecular weight is 380 g/mol. The van der Waals surface area contributed by atoms with Crippen molar-refractivity contribution in [2.75, 3.05) is 24.3 Å². The van der Waals surface area contributed by atoms with Gasteiger partial charge in [0, 0.05) is 5.75 Å². The second-order valence-corrected chi connectivity index (χ2v) is 6.33. The van der Waals surface area contributed by atoms with Gasteiger partial charge < -0.3 is 26.8 Å². The van der Waals surface area contributed by atoms with Gasteiger partial charge in [0.2, 0.25) is 17.7 Å². The topological polar surface area (TPSA) is 151 Å². The Bertz CT molecular complexity index is 464. The third-order valence-corrected chi connectivity index (χ3v) is 3.99. The molecule has 6 N–H and O–H groups in total. The van der Waals surface area contributed by atoms with Crippen molar-refractivity contribution in [2.45, 2.75) is 31.5 Å². The smallest absolute Gasteiger partial charge is 0.325 e. The van der Waals surface area contributed by atoms with Crippen LogP contribution in [0.2, 0.25) is 0 Å². The lowest BCUT2D eigenvalue weighted by molar-refractivity contribution is -0.141. The quantitative estimate of drug-likeness (QED) is 0.231. The van der Waals surface area contributed by atoms with E-state index in [9.17, 15) is 19.2 Å². The van der Waals surface area contributed by atoms with Crippen LogP contribution in [0.3, 0.4) is 0 Å². The van der Waals surface area contributed by atoms with Crippen LogP contribution in [0.15, 0.2) is 0 Å². The predicted molar refractivity (Wildman–Crippen MR) is 95.0 cm³/mol. The van der Waals surface area contributed by atoms with Gasteiger partial charge in [-0.05, 0) is 25.4 Å². The summed E-state index contributed by atoms with van der Waals surface area (Å²) in [6.07, 6.45) is 2.22. The monoisotopic (exact) mass is 380 g/mol. The molecule has 0 aliphatic heterocycles. The Kier molecular flexibility index (Phi) is 11.3. The summed E-state index contributed by atoms with van der Waals surface area (Å²) in [7, 11) is 0.